The van der Waals surface area contributed by atoms with Crippen molar-refractivity contribution in [3.8, 4) is 0 Å². The van der Waals surface area contributed by atoms with E-state index in [0.29, 0.717) is 5.56 Å². The summed E-state index contributed by atoms with van der Waals surface area (Å²) >= 11 is 1.55. The summed E-state index contributed by atoms with van der Waals surface area (Å²) in [6, 6.07) is 10.1. The quantitative estimate of drug-likeness (QED) is 0.890. The number of carbonyl (C=O) groups excluding carboxylic acids is 1. The fourth-order valence-electron chi connectivity index (χ4n) is 1.97. The third-order valence-corrected chi connectivity index (χ3v) is 4.73. The zero-order chi connectivity index (χ0) is 16.1. The molecule has 0 aliphatic carbocycles. The lowest BCUT2D eigenvalue weighted by Crippen LogP contribution is -2.32. The average molecular weight is 314 g/mol. The highest BCUT2D eigenvalue weighted by Gasteiger charge is 2.15. The number of hydrogen-bond donors (Lipinski definition) is 1. The van der Waals surface area contributed by atoms with Gasteiger partial charge in [-0.3, -0.25) is 4.79 Å². The van der Waals surface area contributed by atoms with Crippen LogP contribution < -0.4 is 5.32 Å². The third-order valence-electron chi connectivity index (χ3n) is 3.56. The Morgan fingerprint density at radius 2 is 2.09 bits per heavy atom. The first-order chi connectivity index (χ1) is 10.5. The number of carbonyl (C=O) groups is 1. The first kappa shape index (κ1) is 16.6. The lowest BCUT2D eigenvalue weighted by Gasteiger charge is -2.14. The second-order valence-corrected chi connectivity index (χ2v) is 6.54. The summed E-state index contributed by atoms with van der Waals surface area (Å²) < 4.78 is 0. The predicted molar refractivity (Wildman–Crippen MR) is 91.5 cm³/mol. The summed E-state index contributed by atoms with van der Waals surface area (Å²) in [6.45, 7) is 8.20. The van der Waals surface area contributed by atoms with Crippen LogP contribution in [0, 0.1) is 13.8 Å². The molecule has 1 aromatic heterocycles. The smallest absolute Gasteiger partial charge is 0.254 e. The molecule has 0 saturated heterocycles. The Kier molecular flexibility index (Phi) is 5.61. The van der Waals surface area contributed by atoms with E-state index < -0.39 is 0 Å². The number of amides is 1. The molecule has 1 amide bonds. The Bertz CT molecular complexity index is 670. The maximum absolute atomic E-state index is 12.4. The molecule has 0 fully saturated rings. The molecule has 2 aromatic rings. The number of rotatable bonds is 5. The minimum absolute atomic E-state index is 0.0599. The van der Waals surface area contributed by atoms with E-state index in [2.05, 4.69) is 49.3 Å². The Morgan fingerprint density at radius 1 is 1.32 bits per heavy atom. The molecule has 1 heterocycles. The number of aromatic nitrogens is 1. The van der Waals surface area contributed by atoms with E-state index in [9.17, 15) is 4.79 Å². The summed E-state index contributed by atoms with van der Waals surface area (Å²) in [7, 11) is 0. The van der Waals surface area contributed by atoms with Gasteiger partial charge in [-0.05, 0) is 56.5 Å². The van der Waals surface area contributed by atoms with E-state index in [0.717, 1.165) is 16.3 Å². The third kappa shape index (κ3) is 4.10. The van der Waals surface area contributed by atoms with Gasteiger partial charge < -0.3 is 5.32 Å². The Hall–Kier alpha value is -1.81. The summed E-state index contributed by atoms with van der Waals surface area (Å²) in [5.41, 5.74) is 3.03. The number of aryl methyl sites for hydroxylation is 2. The molecule has 3 nitrogen and oxygen atoms in total. The van der Waals surface area contributed by atoms with Crippen LogP contribution >= 0.6 is 11.8 Å². The molecule has 1 atom stereocenters. The highest BCUT2D eigenvalue weighted by Crippen LogP contribution is 2.31. The van der Waals surface area contributed by atoms with Crippen molar-refractivity contribution in [3.05, 3.63) is 53.2 Å². The molecule has 0 aliphatic heterocycles. The molecule has 0 radical (unpaired) electrons. The van der Waals surface area contributed by atoms with E-state index in [4.69, 9.17) is 0 Å². The largest absolute Gasteiger partial charge is 0.350 e. The molecule has 1 unspecified atom stereocenters. The number of pyridine rings is 1. The normalized spacial score (nSPS) is 12.0. The van der Waals surface area contributed by atoms with E-state index in [-0.39, 0.29) is 11.9 Å². The molecule has 0 spiro atoms. The maximum atomic E-state index is 12.4. The minimum atomic E-state index is -0.0599. The van der Waals surface area contributed by atoms with Gasteiger partial charge in [-0.25, -0.2) is 4.98 Å². The fraction of sp³-hybridized carbons (Fsp3) is 0.333. The van der Waals surface area contributed by atoms with E-state index in [1.165, 1.54) is 11.1 Å². The van der Waals surface area contributed by atoms with Crippen molar-refractivity contribution in [2.45, 2.75) is 50.1 Å². The molecular weight excluding hydrogens is 292 g/mol. The second-order valence-electron chi connectivity index (χ2n) is 5.51. The molecular formula is C18H22N2OS. The highest BCUT2D eigenvalue weighted by atomic mass is 32.2. The zero-order valence-electron chi connectivity index (χ0n) is 13.5. The number of benzene rings is 1. The topological polar surface area (TPSA) is 42.0 Å². The summed E-state index contributed by atoms with van der Waals surface area (Å²) in [6.07, 6.45) is 2.64. The van der Waals surface area contributed by atoms with Gasteiger partial charge in [-0.1, -0.05) is 30.8 Å². The molecule has 0 bridgehead atoms. The monoisotopic (exact) mass is 314 g/mol. The first-order valence-corrected chi connectivity index (χ1v) is 8.34. The van der Waals surface area contributed by atoms with Crippen molar-refractivity contribution in [1.82, 2.24) is 10.3 Å². The average Bonchev–Trinajstić information content (AvgIpc) is 2.51. The minimum Gasteiger partial charge on any atom is -0.350 e. The number of nitrogens with one attached hydrogen (secondary N) is 1. The van der Waals surface area contributed by atoms with Crippen LogP contribution in [0.4, 0.5) is 0 Å². The number of hydrogen-bond acceptors (Lipinski definition) is 3. The SMILES string of the molecule is CCC(C)NC(=O)c1cccnc1Sc1cc(C)ccc1C. The van der Waals surface area contributed by atoms with E-state index in [1.54, 1.807) is 24.0 Å². The van der Waals surface area contributed by atoms with Crippen molar-refractivity contribution in [2.75, 3.05) is 0 Å². The highest BCUT2D eigenvalue weighted by molar-refractivity contribution is 7.99. The van der Waals surface area contributed by atoms with Crippen LogP contribution in [0.1, 0.15) is 41.8 Å². The lowest BCUT2D eigenvalue weighted by molar-refractivity contribution is 0.0935. The maximum Gasteiger partial charge on any atom is 0.254 e. The van der Waals surface area contributed by atoms with Crippen molar-refractivity contribution >= 4 is 17.7 Å². The predicted octanol–water partition coefficient (Wildman–Crippen LogP) is 4.38. The van der Waals surface area contributed by atoms with E-state index in [1.807, 2.05) is 13.0 Å². The standard InChI is InChI=1S/C18H22N2OS/c1-5-14(4)20-17(21)15-7-6-10-19-18(15)22-16-11-12(2)8-9-13(16)3/h6-11,14H,5H2,1-4H3,(H,20,21). The van der Waals surface area contributed by atoms with E-state index >= 15 is 0 Å². The summed E-state index contributed by atoms with van der Waals surface area (Å²) in [4.78, 5) is 17.9. The van der Waals surface area contributed by atoms with Crippen LogP contribution in [0.15, 0.2) is 46.5 Å². The molecule has 4 heteroatoms. The fourth-order valence-corrected chi connectivity index (χ4v) is 3.04. The molecule has 0 saturated carbocycles. The van der Waals surface area contributed by atoms with Crippen molar-refractivity contribution in [1.29, 1.82) is 0 Å². The van der Waals surface area contributed by atoms with Crippen LogP contribution in [0.2, 0.25) is 0 Å². The molecule has 1 aromatic carbocycles. The Labute approximate surface area is 136 Å². The lowest BCUT2D eigenvalue weighted by atomic mass is 10.2. The van der Waals surface area contributed by atoms with Gasteiger partial charge in [0.1, 0.15) is 5.03 Å². The van der Waals surface area contributed by atoms with Crippen molar-refractivity contribution in [3.63, 3.8) is 0 Å². The van der Waals surface area contributed by atoms with Gasteiger partial charge in [0.25, 0.3) is 5.91 Å². The summed E-state index contributed by atoms with van der Waals surface area (Å²) in [5.74, 6) is -0.0599. The van der Waals surface area contributed by atoms with Crippen molar-refractivity contribution < 1.29 is 4.79 Å². The van der Waals surface area contributed by atoms with Crippen LogP contribution in [-0.4, -0.2) is 16.9 Å². The Morgan fingerprint density at radius 3 is 2.82 bits per heavy atom. The molecule has 2 rings (SSSR count). The zero-order valence-corrected chi connectivity index (χ0v) is 14.3. The van der Waals surface area contributed by atoms with Crippen LogP contribution in [0.5, 0.6) is 0 Å². The van der Waals surface area contributed by atoms with Gasteiger partial charge in [0.15, 0.2) is 0 Å². The van der Waals surface area contributed by atoms with Crippen molar-refractivity contribution in [2.24, 2.45) is 0 Å². The molecule has 22 heavy (non-hydrogen) atoms. The van der Waals surface area contributed by atoms with Crippen LogP contribution in [-0.2, 0) is 0 Å². The molecule has 116 valence electrons. The van der Waals surface area contributed by atoms with Gasteiger partial charge in [-0.2, -0.15) is 0 Å². The van der Waals surface area contributed by atoms with Gasteiger partial charge in [0.2, 0.25) is 0 Å². The number of nitrogens with zero attached hydrogens (tertiary/aromatic N) is 1. The van der Waals surface area contributed by atoms with Crippen LogP contribution in [0.3, 0.4) is 0 Å². The van der Waals surface area contributed by atoms with Gasteiger partial charge >= 0.3 is 0 Å². The summed E-state index contributed by atoms with van der Waals surface area (Å²) in [5, 5.41) is 3.75. The Balaban J connectivity index is 2.28. The molecule has 0 aliphatic rings. The van der Waals surface area contributed by atoms with Crippen LogP contribution in [0.25, 0.3) is 0 Å². The van der Waals surface area contributed by atoms with Gasteiger partial charge in [0, 0.05) is 17.1 Å². The van der Waals surface area contributed by atoms with Gasteiger partial charge in [0.05, 0.1) is 5.56 Å². The second kappa shape index (κ2) is 7.45. The molecule has 1 N–H and O–H groups in total. The van der Waals surface area contributed by atoms with Gasteiger partial charge in [-0.15, -0.1) is 0 Å². The first-order valence-electron chi connectivity index (χ1n) is 7.52.